The van der Waals surface area contributed by atoms with Crippen molar-refractivity contribution >= 4 is 47.3 Å². The van der Waals surface area contributed by atoms with E-state index in [0.717, 1.165) is 189 Å². The average Bonchev–Trinajstić information content (AvgIpc) is 1.43. The topological polar surface area (TPSA) is 319 Å². The Kier molecular flexibility index (Phi) is 96.3. The number of rotatable bonds is 18. The van der Waals surface area contributed by atoms with Crippen LogP contribution in [0.25, 0.3) is 0 Å². The fraction of sp³-hybridized carbons (Fsp3) is 0.918. The highest BCUT2D eigenvalue weighted by Gasteiger charge is 2.31. The molecule has 8 aliphatic carbocycles. The third-order valence-corrected chi connectivity index (χ3v) is 22.8. The van der Waals surface area contributed by atoms with E-state index in [9.17, 15) is 43.5 Å². The number of nitrogens with one attached hydrogen (secondary N) is 6. The minimum atomic E-state index is -0.392. The molecule has 0 saturated heterocycles. The quantitative estimate of drug-likeness (QED) is 0.0571. The Morgan fingerprint density at radius 3 is 0.838 bits per heavy atom. The van der Waals surface area contributed by atoms with Crippen molar-refractivity contribution in [2.75, 3.05) is 61.1 Å². The molecule has 8 amide bonds. The highest BCUT2D eigenvalue weighted by molar-refractivity contribution is 5.81. The zero-order chi connectivity index (χ0) is 92.0. The first-order valence-corrected chi connectivity index (χ1v) is 48.5. The van der Waals surface area contributed by atoms with Gasteiger partial charge < -0.3 is 63.0 Å². The second-order valence-electron chi connectivity index (χ2n) is 32.9. The highest BCUT2D eigenvalue weighted by Crippen LogP contribution is 2.34. The van der Waals surface area contributed by atoms with Crippen LogP contribution in [0.3, 0.4) is 0 Å². The van der Waals surface area contributed by atoms with Gasteiger partial charge in [-0.15, -0.1) is 0 Å². The molecule has 0 bridgehead atoms. The molecule has 117 heavy (non-hydrogen) atoms. The number of carbonyl (C=O) groups is 8. The molecule has 20 nitrogen and oxygen atoms in total. The Bertz CT molecular complexity index is 2160. The molecule has 8 fully saturated rings. The molecule has 20 heteroatoms. The largest absolute Gasteiger partial charge is 0.396 e. The number of carbonyl (C=O) groups excluding carboxylic acids is 8. The third-order valence-electron chi connectivity index (χ3n) is 22.8. The van der Waals surface area contributed by atoms with Gasteiger partial charge in [0, 0.05) is 107 Å². The van der Waals surface area contributed by atoms with E-state index in [2.05, 4.69) is 87.3 Å². The fourth-order valence-corrected chi connectivity index (χ4v) is 15.0. The summed E-state index contributed by atoms with van der Waals surface area (Å²) in [5, 5.41) is 52.3. The SMILES string of the molecule is CC.CC.CC.CC.CC.CC.CC.CC.CC1CCC(C(=O)N(C)C)CC1.CC1CCC(C(=O)NC(C)CO)CC1.CC1CCC(C(=O)NCCCO)CC1.CC1CCC(C(=O)N[C@H](C)CO)CC1.CC1CCC(C(N)=O)CC1.CCC(O)CNC(=O)C1CCC(C)CC1.CNC(=O)[C@H]1CCC[C@@H](C)C1.CNC(=O)[C@H]1CCC[C@H](C)C1. The monoisotopic (exact) mass is 1670 g/mol. The van der Waals surface area contributed by atoms with Crippen LogP contribution in [0.15, 0.2) is 0 Å². The number of aliphatic hydroxyl groups is 4. The van der Waals surface area contributed by atoms with Gasteiger partial charge in [-0.1, -0.05) is 199 Å². The van der Waals surface area contributed by atoms with E-state index in [1.165, 1.54) is 64.2 Å². The summed E-state index contributed by atoms with van der Waals surface area (Å²) in [7, 11) is 7.14. The predicted molar refractivity (Wildman–Crippen MR) is 499 cm³/mol. The lowest BCUT2D eigenvalue weighted by atomic mass is 9.82. The molecule has 2 unspecified atom stereocenters. The Hall–Kier alpha value is -4.40. The molecule has 8 rings (SSSR count). The van der Waals surface area contributed by atoms with Crippen LogP contribution in [-0.4, -0.2) is 152 Å². The summed E-state index contributed by atoms with van der Waals surface area (Å²) in [5.41, 5.74) is 5.17. The van der Waals surface area contributed by atoms with Crippen LogP contribution >= 0.6 is 0 Å². The fourth-order valence-electron chi connectivity index (χ4n) is 15.0. The first-order chi connectivity index (χ1) is 55.9. The van der Waals surface area contributed by atoms with E-state index < -0.39 is 6.10 Å². The van der Waals surface area contributed by atoms with Crippen LogP contribution < -0.4 is 37.6 Å². The molecule has 0 aromatic rings. The third kappa shape index (κ3) is 68.8. The van der Waals surface area contributed by atoms with Crippen molar-refractivity contribution in [3.05, 3.63) is 0 Å². The first kappa shape index (κ1) is 128. The number of hydrogen-bond donors (Lipinski definition) is 11. The molecule has 7 atom stereocenters. The van der Waals surface area contributed by atoms with Gasteiger partial charge in [-0.05, 0) is 254 Å². The highest BCUT2D eigenvalue weighted by atomic mass is 16.3. The van der Waals surface area contributed by atoms with Crippen LogP contribution in [0.1, 0.15) is 405 Å². The van der Waals surface area contributed by atoms with E-state index in [1.54, 1.807) is 19.0 Å². The zero-order valence-corrected chi connectivity index (χ0v) is 82.6. The van der Waals surface area contributed by atoms with Gasteiger partial charge in [0.2, 0.25) is 47.3 Å². The van der Waals surface area contributed by atoms with Gasteiger partial charge in [-0.3, -0.25) is 38.4 Å². The molecule has 0 radical (unpaired) electrons. The van der Waals surface area contributed by atoms with E-state index in [0.29, 0.717) is 49.6 Å². The Balaban J connectivity index is -0.000000189. The van der Waals surface area contributed by atoms with Gasteiger partial charge in [0.15, 0.2) is 0 Å². The summed E-state index contributed by atoms with van der Waals surface area (Å²) in [6.07, 6.45) is 36.8. The number of aliphatic hydroxyl groups excluding tert-OH is 4. The van der Waals surface area contributed by atoms with Gasteiger partial charge in [0.1, 0.15) is 0 Å². The minimum Gasteiger partial charge on any atom is -0.396 e. The number of primary amides is 1. The van der Waals surface area contributed by atoms with E-state index in [4.69, 9.17) is 21.1 Å². The minimum absolute atomic E-state index is 0.0227. The molecule has 0 heterocycles. The summed E-state index contributed by atoms with van der Waals surface area (Å²) >= 11 is 0. The predicted octanol–water partition coefficient (Wildman–Crippen LogP) is 20.2. The summed E-state index contributed by atoms with van der Waals surface area (Å²) in [6.45, 7) is 56.7. The van der Waals surface area contributed by atoms with Crippen molar-refractivity contribution < 1.29 is 58.8 Å². The maximum Gasteiger partial charge on any atom is 0.225 e. The second-order valence-corrected chi connectivity index (χ2v) is 32.9. The number of nitrogens with zero attached hydrogens (tertiary/aromatic N) is 1. The molecule has 12 N–H and O–H groups in total. The smallest absolute Gasteiger partial charge is 0.225 e. The lowest BCUT2D eigenvalue weighted by Crippen LogP contribution is -2.40. The lowest BCUT2D eigenvalue weighted by molar-refractivity contribution is -0.134. The van der Waals surface area contributed by atoms with Crippen molar-refractivity contribution in [3.8, 4) is 0 Å². The zero-order valence-electron chi connectivity index (χ0n) is 82.6. The van der Waals surface area contributed by atoms with Crippen LogP contribution in [0, 0.1) is 94.7 Å². The number of hydrogen-bond acceptors (Lipinski definition) is 12. The molecule has 0 aliphatic heterocycles. The van der Waals surface area contributed by atoms with Gasteiger partial charge in [-0.2, -0.15) is 0 Å². The van der Waals surface area contributed by atoms with Crippen molar-refractivity contribution in [2.45, 2.75) is 423 Å². The normalized spacial score (nSPS) is 26.3. The molecule has 8 saturated carbocycles. The maximum absolute atomic E-state index is 11.7. The van der Waals surface area contributed by atoms with E-state index in [-0.39, 0.29) is 103 Å². The van der Waals surface area contributed by atoms with Crippen LogP contribution in [-0.2, 0) is 38.4 Å². The standard InChI is InChI=1S/C12H23NO2.3C11H21NO2.C10H19NO.2C9H17NO.C8H15NO.8C2H6/c1-3-11(14)8-13-12(15)10-6-4-9(2)5-7-10;2*1-8-3-5-10(6-4-8)11(14)12-9(2)7-13;1-9-3-5-10(6-4-9)11(14)12-7-2-8-13;1-8-4-6-9(7-5-8)10(12)11(2)3;2*1-7-4-3-5-8(6-7)9(11)10-2;1-6-2-4-7(5-3-6)8(9)10;8*1-2/h9-11,14H,3-8H2,1-2H3,(H,13,15);2*8-10,13H,3-7H2,1-2H3,(H,12,14);9-10,13H,2-8H2,1H3,(H,12,14);8-9H,4-7H2,1-3H3;2*7-8H,3-6H2,1-2H3,(H,10,11);6-7H,2-5H2,1H3,(H2,9,10);8*1-2H3/t;8?,9-,10?;;;;7-,8+;7-,8-;;;;;;;;;/m.1...10........./s1. The molecule has 0 aromatic carbocycles. The second kappa shape index (κ2) is 87.9. The summed E-state index contributed by atoms with van der Waals surface area (Å²) in [5.74, 6) is 9.33. The first-order valence-electron chi connectivity index (χ1n) is 48.5. The van der Waals surface area contributed by atoms with Gasteiger partial charge in [0.25, 0.3) is 0 Å². The maximum atomic E-state index is 11.7. The summed E-state index contributed by atoms with van der Waals surface area (Å²) in [6, 6.07) is -0.219. The van der Waals surface area contributed by atoms with Crippen molar-refractivity contribution in [1.82, 2.24) is 36.8 Å². The summed E-state index contributed by atoms with van der Waals surface area (Å²) in [4.78, 5) is 92.9. The molecule has 0 aromatic heterocycles. The van der Waals surface area contributed by atoms with Crippen LogP contribution in [0.5, 0.6) is 0 Å². The molecule has 8 aliphatic rings. The molecule has 702 valence electrons. The van der Waals surface area contributed by atoms with Crippen LogP contribution in [0.2, 0.25) is 0 Å². The average molecular weight is 1670 g/mol. The van der Waals surface area contributed by atoms with E-state index >= 15 is 0 Å². The summed E-state index contributed by atoms with van der Waals surface area (Å²) < 4.78 is 0. The van der Waals surface area contributed by atoms with Crippen LogP contribution in [0.4, 0.5) is 0 Å². The molecular weight excluding hydrogens is 1470 g/mol. The Labute approximate surface area is 724 Å². The molecule has 0 spiro atoms. The lowest BCUT2D eigenvalue weighted by Gasteiger charge is -2.27. The van der Waals surface area contributed by atoms with Crippen molar-refractivity contribution in [3.63, 3.8) is 0 Å². The van der Waals surface area contributed by atoms with Gasteiger partial charge in [-0.25, -0.2) is 0 Å². The Morgan fingerprint density at radius 2 is 0.607 bits per heavy atom. The van der Waals surface area contributed by atoms with E-state index in [1.807, 2.05) is 146 Å². The van der Waals surface area contributed by atoms with Gasteiger partial charge >= 0.3 is 0 Å². The van der Waals surface area contributed by atoms with Crippen molar-refractivity contribution in [1.29, 1.82) is 0 Å². The number of nitrogens with two attached hydrogens (primary N) is 1. The molecular formula is C97H202N8O12. The van der Waals surface area contributed by atoms with Crippen molar-refractivity contribution in [2.24, 2.45) is 100 Å². The van der Waals surface area contributed by atoms with Gasteiger partial charge in [0.05, 0.1) is 19.3 Å². The number of amides is 8. The Morgan fingerprint density at radius 1 is 0.350 bits per heavy atom.